The van der Waals surface area contributed by atoms with E-state index in [1.807, 2.05) is 38.1 Å². The molecule has 1 unspecified atom stereocenters. The van der Waals surface area contributed by atoms with Crippen LogP contribution in [0.15, 0.2) is 30.0 Å². The van der Waals surface area contributed by atoms with Gasteiger partial charge < -0.3 is 15.4 Å². The van der Waals surface area contributed by atoms with Crippen molar-refractivity contribution in [2.75, 3.05) is 18.5 Å². The standard InChI is InChI=1S/C17H21N3O2/c1-12-5-6-16(13(2)8-12)19-10-14(9-18)17(21)20-11-15-4-3-7-22-15/h5-6,8,10,15,19H,3-4,7,11H2,1-2H3,(H,20,21)/b14-10-. The highest BCUT2D eigenvalue weighted by Crippen LogP contribution is 2.16. The van der Waals surface area contributed by atoms with Gasteiger partial charge in [0.05, 0.1) is 6.10 Å². The Labute approximate surface area is 131 Å². The van der Waals surface area contributed by atoms with Gasteiger partial charge in [-0.3, -0.25) is 4.79 Å². The lowest BCUT2D eigenvalue weighted by molar-refractivity contribution is -0.117. The lowest BCUT2D eigenvalue weighted by Gasteiger charge is -2.11. The Morgan fingerprint density at radius 2 is 2.32 bits per heavy atom. The van der Waals surface area contributed by atoms with Crippen molar-refractivity contribution in [2.45, 2.75) is 32.8 Å². The van der Waals surface area contributed by atoms with E-state index >= 15 is 0 Å². The second kappa shape index (κ2) is 7.62. The molecular weight excluding hydrogens is 278 g/mol. The van der Waals surface area contributed by atoms with Gasteiger partial charge in [-0.2, -0.15) is 5.26 Å². The molecule has 22 heavy (non-hydrogen) atoms. The third-order valence-electron chi connectivity index (χ3n) is 3.63. The van der Waals surface area contributed by atoms with E-state index in [2.05, 4.69) is 10.6 Å². The first-order valence-electron chi connectivity index (χ1n) is 7.44. The van der Waals surface area contributed by atoms with E-state index in [0.29, 0.717) is 6.54 Å². The molecule has 2 N–H and O–H groups in total. The van der Waals surface area contributed by atoms with Gasteiger partial charge in [0.1, 0.15) is 11.6 Å². The number of carbonyl (C=O) groups is 1. The van der Waals surface area contributed by atoms with Crippen molar-refractivity contribution in [3.05, 3.63) is 41.1 Å². The highest BCUT2D eigenvalue weighted by Gasteiger charge is 2.17. The zero-order chi connectivity index (χ0) is 15.9. The Hall–Kier alpha value is -2.32. The maximum atomic E-state index is 12.0. The minimum absolute atomic E-state index is 0.0537. The number of carbonyl (C=O) groups excluding carboxylic acids is 1. The predicted octanol–water partition coefficient (Wildman–Crippen LogP) is 2.42. The number of ether oxygens (including phenoxy) is 1. The van der Waals surface area contributed by atoms with Crippen LogP contribution in [0.4, 0.5) is 5.69 Å². The Balaban J connectivity index is 1.94. The number of nitrogens with zero attached hydrogens (tertiary/aromatic N) is 1. The highest BCUT2D eigenvalue weighted by atomic mass is 16.5. The number of nitrogens with one attached hydrogen (secondary N) is 2. The quantitative estimate of drug-likeness (QED) is 0.647. The van der Waals surface area contributed by atoms with Crippen molar-refractivity contribution in [1.82, 2.24) is 5.32 Å². The zero-order valence-corrected chi connectivity index (χ0v) is 13.0. The maximum absolute atomic E-state index is 12.0. The van der Waals surface area contributed by atoms with Crippen LogP contribution in [0.1, 0.15) is 24.0 Å². The van der Waals surface area contributed by atoms with Crippen LogP contribution in [0, 0.1) is 25.2 Å². The van der Waals surface area contributed by atoms with Crippen LogP contribution in [0.5, 0.6) is 0 Å². The molecule has 116 valence electrons. The molecule has 1 aliphatic heterocycles. The first kappa shape index (κ1) is 16.1. The van der Waals surface area contributed by atoms with Gasteiger partial charge in [-0.1, -0.05) is 17.7 Å². The Bertz CT molecular complexity index is 611. The van der Waals surface area contributed by atoms with E-state index in [0.717, 1.165) is 30.7 Å². The number of hydrogen-bond donors (Lipinski definition) is 2. The highest BCUT2D eigenvalue weighted by molar-refractivity contribution is 5.97. The third kappa shape index (κ3) is 4.34. The van der Waals surface area contributed by atoms with Gasteiger partial charge in [-0.15, -0.1) is 0 Å². The first-order chi connectivity index (χ1) is 10.6. The van der Waals surface area contributed by atoms with Crippen LogP contribution in [-0.2, 0) is 9.53 Å². The van der Waals surface area contributed by atoms with Crippen molar-refractivity contribution >= 4 is 11.6 Å². The molecule has 0 aromatic heterocycles. The van der Waals surface area contributed by atoms with Gasteiger partial charge in [-0.25, -0.2) is 0 Å². The summed E-state index contributed by atoms with van der Waals surface area (Å²) in [6, 6.07) is 7.88. The van der Waals surface area contributed by atoms with Crippen LogP contribution in [0.2, 0.25) is 0 Å². The van der Waals surface area contributed by atoms with E-state index in [1.165, 1.54) is 11.8 Å². The number of aryl methyl sites for hydroxylation is 2. The number of nitriles is 1. The molecule has 1 aliphatic rings. The molecule has 1 heterocycles. The van der Waals surface area contributed by atoms with Gasteiger partial charge in [0.2, 0.25) is 0 Å². The Morgan fingerprint density at radius 1 is 1.50 bits per heavy atom. The van der Waals surface area contributed by atoms with Crippen molar-refractivity contribution < 1.29 is 9.53 Å². The molecule has 0 radical (unpaired) electrons. The molecule has 2 rings (SSSR count). The molecule has 5 heteroatoms. The van der Waals surface area contributed by atoms with Gasteiger partial charge in [0.15, 0.2) is 0 Å². The van der Waals surface area contributed by atoms with Gasteiger partial charge in [0.25, 0.3) is 5.91 Å². The summed E-state index contributed by atoms with van der Waals surface area (Å²) in [7, 11) is 0. The second-order valence-corrected chi connectivity index (χ2v) is 5.48. The predicted molar refractivity (Wildman–Crippen MR) is 85.2 cm³/mol. The fraction of sp³-hybridized carbons (Fsp3) is 0.412. The third-order valence-corrected chi connectivity index (χ3v) is 3.63. The fourth-order valence-corrected chi connectivity index (χ4v) is 2.38. The average molecular weight is 299 g/mol. The SMILES string of the molecule is Cc1ccc(N/C=C(/C#N)C(=O)NCC2CCCO2)c(C)c1. The molecule has 5 nitrogen and oxygen atoms in total. The molecule has 0 bridgehead atoms. The van der Waals surface area contributed by atoms with Crippen molar-refractivity contribution in [2.24, 2.45) is 0 Å². The van der Waals surface area contributed by atoms with Crippen molar-refractivity contribution in [3.63, 3.8) is 0 Å². The second-order valence-electron chi connectivity index (χ2n) is 5.48. The summed E-state index contributed by atoms with van der Waals surface area (Å²) >= 11 is 0. The first-order valence-corrected chi connectivity index (χ1v) is 7.44. The van der Waals surface area contributed by atoms with Gasteiger partial charge in [-0.05, 0) is 38.3 Å². The molecule has 0 saturated carbocycles. The summed E-state index contributed by atoms with van der Waals surface area (Å²) < 4.78 is 5.44. The van der Waals surface area contributed by atoms with E-state index in [9.17, 15) is 4.79 Å². The average Bonchev–Trinajstić information content (AvgIpc) is 3.01. The molecule has 0 spiro atoms. The molecule has 0 aliphatic carbocycles. The number of amides is 1. The maximum Gasteiger partial charge on any atom is 0.263 e. The van der Waals surface area contributed by atoms with Gasteiger partial charge >= 0.3 is 0 Å². The summed E-state index contributed by atoms with van der Waals surface area (Å²) in [5.41, 5.74) is 3.17. The number of anilines is 1. The summed E-state index contributed by atoms with van der Waals surface area (Å²) in [5, 5.41) is 14.9. The summed E-state index contributed by atoms with van der Waals surface area (Å²) in [6.07, 6.45) is 3.49. The molecule has 1 aromatic rings. The molecule has 1 aromatic carbocycles. The van der Waals surface area contributed by atoms with Crippen LogP contribution in [0.25, 0.3) is 0 Å². The summed E-state index contributed by atoms with van der Waals surface area (Å²) in [6.45, 7) is 5.19. The molecule has 1 atom stereocenters. The van der Waals surface area contributed by atoms with E-state index in [-0.39, 0.29) is 17.6 Å². The summed E-state index contributed by atoms with van der Waals surface area (Å²) in [4.78, 5) is 12.0. The van der Waals surface area contributed by atoms with Crippen LogP contribution in [0.3, 0.4) is 0 Å². The monoisotopic (exact) mass is 299 g/mol. The number of hydrogen-bond acceptors (Lipinski definition) is 4. The van der Waals surface area contributed by atoms with Crippen molar-refractivity contribution in [1.29, 1.82) is 5.26 Å². The topological polar surface area (TPSA) is 74.2 Å². The van der Waals surface area contributed by atoms with Crippen LogP contribution < -0.4 is 10.6 Å². The Kier molecular flexibility index (Phi) is 5.56. The minimum Gasteiger partial charge on any atom is -0.376 e. The largest absolute Gasteiger partial charge is 0.376 e. The molecule has 1 fully saturated rings. The lowest BCUT2D eigenvalue weighted by atomic mass is 10.1. The fourth-order valence-electron chi connectivity index (χ4n) is 2.38. The lowest BCUT2D eigenvalue weighted by Crippen LogP contribution is -2.32. The van der Waals surface area contributed by atoms with E-state index in [1.54, 1.807) is 0 Å². The molecule has 1 amide bonds. The number of benzene rings is 1. The van der Waals surface area contributed by atoms with Crippen LogP contribution >= 0.6 is 0 Å². The normalized spacial score (nSPS) is 17.9. The molecule has 1 saturated heterocycles. The minimum atomic E-state index is -0.379. The van der Waals surface area contributed by atoms with E-state index < -0.39 is 0 Å². The van der Waals surface area contributed by atoms with Crippen molar-refractivity contribution in [3.8, 4) is 6.07 Å². The van der Waals surface area contributed by atoms with Gasteiger partial charge in [0, 0.05) is 25.0 Å². The summed E-state index contributed by atoms with van der Waals surface area (Å²) in [5.74, 6) is -0.379. The zero-order valence-electron chi connectivity index (χ0n) is 13.0. The van der Waals surface area contributed by atoms with Crippen LogP contribution in [-0.4, -0.2) is 25.2 Å². The number of rotatable bonds is 5. The Morgan fingerprint density at radius 3 is 2.95 bits per heavy atom. The smallest absolute Gasteiger partial charge is 0.263 e. The van der Waals surface area contributed by atoms with E-state index in [4.69, 9.17) is 10.00 Å². The molecular formula is C17H21N3O2.